The van der Waals surface area contributed by atoms with Crippen LogP contribution < -0.4 is 10.6 Å². The number of amides is 2. The van der Waals surface area contributed by atoms with Gasteiger partial charge in [0.1, 0.15) is 17.5 Å². The minimum Gasteiger partial charge on any atom is -0.389 e. The van der Waals surface area contributed by atoms with E-state index in [0.29, 0.717) is 11.4 Å². The monoisotopic (exact) mass is 460 g/mol. The van der Waals surface area contributed by atoms with Crippen LogP contribution in [0.1, 0.15) is 24.8 Å². The van der Waals surface area contributed by atoms with Crippen molar-refractivity contribution in [1.29, 1.82) is 0 Å². The largest absolute Gasteiger partial charge is 0.389 e. The minimum atomic E-state index is -1.80. The van der Waals surface area contributed by atoms with E-state index in [0.717, 1.165) is 0 Å². The van der Waals surface area contributed by atoms with Crippen LogP contribution >= 0.6 is 0 Å². The van der Waals surface area contributed by atoms with Gasteiger partial charge in [-0.05, 0) is 42.8 Å². The molecule has 0 heterocycles. The van der Waals surface area contributed by atoms with Crippen LogP contribution in [0, 0.1) is 17.7 Å². The van der Waals surface area contributed by atoms with Crippen LogP contribution in [0.5, 0.6) is 0 Å². The SMILES string of the molecule is CC1(O)CC(=O)C(C(=O)Nc2ccccc2)C(c2ccccc2F)C1C(=O)Nc1ccccc1. The van der Waals surface area contributed by atoms with Crippen LogP contribution in [0.2, 0.25) is 0 Å². The molecule has 6 nitrogen and oxygen atoms in total. The lowest BCUT2D eigenvalue weighted by molar-refractivity contribution is -0.150. The number of para-hydroxylation sites is 2. The highest BCUT2D eigenvalue weighted by atomic mass is 19.1. The zero-order chi connectivity index (χ0) is 24.3. The van der Waals surface area contributed by atoms with Crippen LogP contribution in [-0.4, -0.2) is 28.3 Å². The van der Waals surface area contributed by atoms with E-state index in [2.05, 4.69) is 10.6 Å². The highest BCUT2D eigenvalue weighted by Crippen LogP contribution is 2.47. The van der Waals surface area contributed by atoms with E-state index in [9.17, 15) is 19.5 Å². The Kier molecular flexibility index (Phi) is 6.56. The maximum absolute atomic E-state index is 15.0. The third kappa shape index (κ3) is 4.75. The molecule has 0 radical (unpaired) electrons. The molecule has 4 unspecified atom stereocenters. The van der Waals surface area contributed by atoms with Gasteiger partial charge in [0.05, 0.1) is 11.5 Å². The van der Waals surface area contributed by atoms with Crippen LogP contribution in [0.25, 0.3) is 0 Å². The van der Waals surface area contributed by atoms with Crippen LogP contribution in [0.15, 0.2) is 84.9 Å². The van der Waals surface area contributed by atoms with Crippen molar-refractivity contribution in [2.24, 2.45) is 11.8 Å². The summed E-state index contributed by atoms with van der Waals surface area (Å²) < 4.78 is 15.0. The van der Waals surface area contributed by atoms with Gasteiger partial charge in [0, 0.05) is 23.7 Å². The second-order valence-electron chi connectivity index (χ2n) is 8.71. The quantitative estimate of drug-likeness (QED) is 0.499. The number of hydrogen-bond donors (Lipinski definition) is 3. The fourth-order valence-electron chi connectivity index (χ4n) is 4.69. The number of carbonyl (C=O) groups is 3. The molecule has 0 bridgehead atoms. The van der Waals surface area contributed by atoms with E-state index in [4.69, 9.17) is 0 Å². The van der Waals surface area contributed by atoms with Gasteiger partial charge >= 0.3 is 0 Å². The molecule has 7 heteroatoms. The summed E-state index contributed by atoms with van der Waals surface area (Å²) in [4.78, 5) is 40.0. The van der Waals surface area contributed by atoms with Crippen molar-refractivity contribution in [3.05, 3.63) is 96.3 Å². The normalized spacial score (nSPS) is 24.3. The Morgan fingerprint density at radius 2 is 1.35 bits per heavy atom. The van der Waals surface area contributed by atoms with Crippen molar-refractivity contribution in [2.75, 3.05) is 10.6 Å². The zero-order valence-electron chi connectivity index (χ0n) is 18.6. The molecule has 0 aromatic heterocycles. The third-order valence-corrected chi connectivity index (χ3v) is 6.18. The Hall–Kier alpha value is -3.84. The molecule has 4 atom stereocenters. The summed E-state index contributed by atoms with van der Waals surface area (Å²) in [5, 5.41) is 16.7. The van der Waals surface area contributed by atoms with Crippen LogP contribution in [-0.2, 0) is 14.4 Å². The summed E-state index contributed by atoms with van der Waals surface area (Å²) >= 11 is 0. The maximum atomic E-state index is 15.0. The van der Waals surface area contributed by atoms with Gasteiger partial charge in [-0.2, -0.15) is 0 Å². The molecule has 2 amide bonds. The van der Waals surface area contributed by atoms with Crippen molar-refractivity contribution in [3.8, 4) is 0 Å². The number of hydrogen-bond acceptors (Lipinski definition) is 4. The van der Waals surface area contributed by atoms with E-state index in [1.54, 1.807) is 66.7 Å². The Morgan fingerprint density at radius 3 is 1.91 bits per heavy atom. The molecule has 174 valence electrons. The second kappa shape index (κ2) is 9.57. The topological polar surface area (TPSA) is 95.5 Å². The lowest BCUT2D eigenvalue weighted by Crippen LogP contribution is -2.56. The molecule has 0 saturated heterocycles. The third-order valence-electron chi connectivity index (χ3n) is 6.18. The number of aliphatic hydroxyl groups is 1. The predicted molar refractivity (Wildman–Crippen MR) is 127 cm³/mol. The summed E-state index contributed by atoms with van der Waals surface area (Å²) in [6, 6.07) is 22.9. The molecule has 3 aromatic carbocycles. The molecule has 3 N–H and O–H groups in total. The molecule has 1 fully saturated rings. The second-order valence-corrected chi connectivity index (χ2v) is 8.71. The molecule has 34 heavy (non-hydrogen) atoms. The van der Waals surface area contributed by atoms with Gasteiger partial charge in [0.15, 0.2) is 0 Å². The smallest absolute Gasteiger partial charge is 0.235 e. The molecular weight excluding hydrogens is 435 g/mol. The van der Waals surface area contributed by atoms with E-state index in [-0.39, 0.29) is 5.56 Å². The average Bonchev–Trinajstić information content (AvgIpc) is 2.79. The highest BCUT2D eigenvalue weighted by Gasteiger charge is 2.56. The van der Waals surface area contributed by atoms with Gasteiger partial charge in [-0.25, -0.2) is 4.39 Å². The number of halogens is 1. The van der Waals surface area contributed by atoms with Crippen molar-refractivity contribution in [3.63, 3.8) is 0 Å². The van der Waals surface area contributed by atoms with Crippen molar-refractivity contribution >= 4 is 29.0 Å². The molecule has 1 aliphatic carbocycles. The zero-order valence-corrected chi connectivity index (χ0v) is 18.6. The van der Waals surface area contributed by atoms with Crippen molar-refractivity contribution < 1.29 is 23.9 Å². The number of benzene rings is 3. The number of carbonyl (C=O) groups excluding carboxylic acids is 3. The first kappa shape index (κ1) is 23.3. The van der Waals surface area contributed by atoms with Crippen molar-refractivity contribution in [2.45, 2.75) is 24.9 Å². The number of anilines is 2. The van der Waals surface area contributed by atoms with Crippen LogP contribution in [0.3, 0.4) is 0 Å². The minimum absolute atomic E-state index is 0.0252. The van der Waals surface area contributed by atoms with E-state index in [1.807, 2.05) is 0 Å². The van der Waals surface area contributed by atoms with Gasteiger partial charge in [-0.1, -0.05) is 54.6 Å². The number of rotatable bonds is 5. The number of ketones is 1. The predicted octanol–water partition coefficient (Wildman–Crippen LogP) is 4.14. The molecule has 0 spiro atoms. The summed E-state index contributed by atoms with van der Waals surface area (Å²) in [5.41, 5.74) is -0.822. The van der Waals surface area contributed by atoms with Gasteiger partial charge in [0.25, 0.3) is 0 Å². The molecule has 1 saturated carbocycles. The average molecular weight is 461 g/mol. The van der Waals surface area contributed by atoms with Gasteiger partial charge in [0.2, 0.25) is 11.8 Å². The standard InChI is InChI=1S/C27H25FN2O4/c1-27(34)16-21(31)23(25(32)29-17-10-4-2-5-11-17)22(19-14-8-9-15-20(19)28)24(27)26(33)30-18-12-6-3-7-13-18/h2-15,22-24,34H,16H2,1H3,(H,29,32)(H,30,33). The van der Waals surface area contributed by atoms with E-state index < -0.39 is 53.2 Å². The Balaban J connectivity index is 1.78. The maximum Gasteiger partial charge on any atom is 0.235 e. The van der Waals surface area contributed by atoms with Gasteiger partial charge in [-0.15, -0.1) is 0 Å². The first-order valence-electron chi connectivity index (χ1n) is 11.0. The summed E-state index contributed by atoms with van der Waals surface area (Å²) in [6.45, 7) is 1.37. The van der Waals surface area contributed by atoms with Gasteiger partial charge < -0.3 is 15.7 Å². The summed E-state index contributed by atoms with van der Waals surface area (Å²) in [6.07, 6.45) is -0.419. The fraction of sp³-hybridized carbons (Fsp3) is 0.222. The number of nitrogens with one attached hydrogen (secondary N) is 2. The molecule has 0 aliphatic heterocycles. The Labute approximate surface area is 196 Å². The van der Waals surface area contributed by atoms with Crippen LogP contribution in [0.4, 0.5) is 15.8 Å². The molecule has 4 rings (SSSR count). The Morgan fingerprint density at radius 1 is 0.853 bits per heavy atom. The first-order valence-corrected chi connectivity index (χ1v) is 11.0. The lowest BCUT2D eigenvalue weighted by atomic mass is 9.61. The van der Waals surface area contributed by atoms with E-state index in [1.165, 1.54) is 25.1 Å². The summed E-state index contributed by atoms with van der Waals surface area (Å²) in [7, 11) is 0. The first-order chi connectivity index (χ1) is 16.3. The van der Waals surface area contributed by atoms with Crippen molar-refractivity contribution in [1.82, 2.24) is 0 Å². The number of Topliss-reactive ketones (excluding diaryl/α,β-unsaturated/α-hetero) is 1. The molecular formula is C27H25FN2O4. The summed E-state index contributed by atoms with van der Waals surface area (Å²) in [5.74, 6) is -6.34. The molecule has 3 aromatic rings. The Bertz CT molecular complexity index is 1200. The molecule has 1 aliphatic rings. The fourth-order valence-corrected chi connectivity index (χ4v) is 4.69. The van der Waals surface area contributed by atoms with E-state index >= 15 is 4.39 Å². The van der Waals surface area contributed by atoms with Gasteiger partial charge in [-0.3, -0.25) is 14.4 Å². The highest BCUT2D eigenvalue weighted by molar-refractivity contribution is 6.10. The lowest BCUT2D eigenvalue weighted by Gasteiger charge is -2.44.